The predicted molar refractivity (Wildman–Crippen MR) is 121 cm³/mol. The number of hydrogen-bond acceptors (Lipinski definition) is 3. The lowest BCUT2D eigenvalue weighted by molar-refractivity contribution is -0.122. The molecular formula is C24H24ClN3O3. The van der Waals surface area contributed by atoms with Gasteiger partial charge in [0.15, 0.2) is 0 Å². The summed E-state index contributed by atoms with van der Waals surface area (Å²) in [4.78, 5) is 41.5. The average Bonchev–Trinajstić information content (AvgIpc) is 3.40. The third-order valence-corrected chi connectivity index (χ3v) is 6.65. The SMILES string of the molecule is Cc1ccc(Cl)cc1NC(=O)[C@H]1CC(=O)N(c2ccc3c(c2)CCN3C(=O)C2CC2)C1. The summed E-state index contributed by atoms with van der Waals surface area (Å²) in [5.41, 5.74) is 4.42. The standard InChI is InChI=1S/C24H24ClN3O3/c1-14-2-5-18(25)12-20(14)26-23(30)17-11-22(29)28(13-17)19-6-7-21-16(10-19)8-9-27(21)24(31)15-3-4-15/h2,5-7,10,12,15,17H,3-4,8-9,11,13H2,1H3,(H,26,30)/t17-/m0/s1. The molecule has 0 aromatic heterocycles. The monoisotopic (exact) mass is 437 g/mol. The molecule has 2 fully saturated rings. The van der Waals surface area contributed by atoms with Gasteiger partial charge >= 0.3 is 0 Å². The second-order valence-corrected chi connectivity index (χ2v) is 9.12. The van der Waals surface area contributed by atoms with Crippen LogP contribution < -0.4 is 15.1 Å². The van der Waals surface area contributed by atoms with Crippen molar-refractivity contribution >= 4 is 46.4 Å². The van der Waals surface area contributed by atoms with Gasteiger partial charge in [0.05, 0.1) is 5.92 Å². The molecule has 3 amide bonds. The molecule has 0 unspecified atom stereocenters. The van der Waals surface area contributed by atoms with Crippen LogP contribution in [0, 0.1) is 18.8 Å². The molecule has 6 nitrogen and oxygen atoms in total. The third kappa shape index (κ3) is 3.81. The molecule has 31 heavy (non-hydrogen) atoms. The highest BCUT2D eigenvalue weighted by molar-refractivity contribution is 6.31. The van der Waals surface area contributed by atoms with E-state index in [2.05, 4.69) is 5.32 Å². The predicted octanol–water partition coefficient (Wildman–Crippen LogP) is 3.94. The van der Waals surface area contributed by atoms with Crippen molar-refractivity contribution in [1.29, 1.82) is 0 Å². The number of benzene rings is 2. The lowest BCUT2D eigenvalue weighted by atomic mass is 10.1. The van der Waals surface area contributed by atoms with E-state index in [0.717, 1.165) is 41.8 Å². The van der Waals surface area contributed by atoms with Gasteiger partial charge < -0.3 is 15.1 Å². The largest absolute Gasteiger partial charge is 0.325 e. The fourth-order valence-electron chi connectivity index (χ4n) is 4.43. The average molecular weight is 438 g/mol. The first kappa shape index (κ1) is 20.1. The fraction of sp³-hybridized carbons (Fsp3) is 0.375. The van der Waals surface area contributed by atoms with E-state index in [9.17, 15) is 14.4 Å². The number of anilines is 3. The number of fused-ring (bicyclic) bond motifs is 1. The summed E-state index contributed by atoms with van der Waals surface area (Å²) in [5.74, 6) is -0.257. The maximum atomic E-state index is 12.8. The van der Waals surface area contributed by atoms with E-state index < -0.39 is 5.92 Å². The van der Waals surface area contributed by atoms with Crippen LogP contribution in [0.5, 0.6) is 0 Å². The lowest BCUT2D eigenvalue weighted by Crippen LogP contribution is -2.30. The van der Waals surface area contributed by atoms with E-state index >= 15 is 0 Å². The van der Waals surface area contributed by atoms with Gasteiger partial charge in [-0.3, -0.25) is 14.4 Å². The highest BCUT2D eigenvalue weighted by atomic mass is 35.5. The number of carbonyl (C=O) groups excluding carboxylic acids is 3. The first-order valence-electron chi connectivity index (χ1n) is 10.7. The summed E-state index contributed by atoms with van der Waals surface area (Å²) < 4.78 is 0. The molecule has 0 radical (unpaired) electrons. The van der Waals surface area contributed by atoms with Crippen molar-refractivity contribution in [2.24, 2.45) is 11.8 Å². The number of hydrogen-bond donors (Lipinski definition) is 1. The quantitative estimate of drug-likeness (QED) is 0.787. The summed E-state index contributed by atoms with van der Waals surface area (Å²) in [5, 5.41) is 3.47. The van der Waals surface area contributed by atoms with E-state index in [4.69, 9.17) is 11.6 Å². The number of halogens is 1. The van der Waals surface area contributed by atoms with Gasteiger partial charge in [-0.2, -0.15) is 0 Å². The smallest absolute Gasteiger partial charge is 0.230 e. The molecule has 1 atom stereocenters. The van der Waals surface area contributed by atoms with Gasteiger partial charge in [0, 0.05) is 47.5 Å². The molecular weight excluding hydrogens is 414 g/mol. The molecule has 1 N–H and O–H groups in total. The van der Waals surface area contributed by atoms with Crippen LogP contribution in [0.15, 0.2) is 36.4 Å². The van der Waals surface area contributed by atoms with Crippen molar-refractivity contribution in [2.45, 2.75) is 32.6 Å². The molecule has 1 saturated carbocycles. The highest BCUT2D eigenvalue weighted by Crippen LogP contribution is 2.38. The second kappa shape index (κ2) is 7.68. The Bertz CT molecular complexity index is 1100. The van der Waals surface area contributed by atoms with Gasteiger partial charge in [-0.15, -0.1) is 0 Å². The summed E-state index contributed by atoms with van der Waals surface area (Å²) in [7, 11) is 0. The van der Waals surface area contributed by atoms with E-state index in [1.807, 2.05) is 36.1 Å². The van der Waals surface area contributed by atoms with Gasteiger partial charge in [0.25, 0.3) is 0 Å². The number of amides is 3. The van der Waals surface area contributed by atoms with Gasteiger partial charge in [0.1, 0.15) is 0 Å². The number of carbonyl (C=O) groups is 3. The zero-order valence-corrected chi connectivity index (χ0v) is 18.1. The summed E-state index contributed by atoms with van der Waals surface area (Å²) >= 11 is 6.05. The maximum absolute atomic E-state index is 12.8. The number of rotatable bonds is 4. The van der Waals surface area contributed by atoms with Gasteiger partial charge in [-0.25, -0.2) is 0 Å². The second-order valence-electron chi connectivity index (χ2n) is 8.68. The van der Waals surface area contributed by atoms with Crippen molar-refractivity contribution < 1.29 is 14.4 Å². The minimum Gasteiger partial charge on any atom is -0.325 e. The Balaban J connectivity index is 1.30. The number of aryl methyl sites for hydroxylation is 1. The fourth-order valence-corrected chi connectivity index (χ4v) is 4.60. The van der Waals surface area contributed by atoms with Crippen LogP contribution in [0.3, 0.4) is 0 Å². The van der Waals surface area contributed by atoms with Crippen molar-refractivity contribution in [2.75, 3.05) is 28.2 Å². The van der Waals surface area contributed by atoms with Crippen LogP contribution >= 0.6 is 11.6 Å². The Labute approximate surface area is 186 Å². The molecule has 160 valence electrons. The topological polar surface area (TPSA) is 69.7 Å². The molecule has 7 heteroatoms. The Kier molecular flexibility index (Phi) is 4.97. The Morgan fingerprint density at radius 2 is 1.90 bits per heavy atom. The zero-order valence-electron chi connectivity index (χ0n) is 17.4. The highest BCUT2D eigenvalue weighted by Gasteiger charge is 2.38. The van der Waals surface area contributed by atoms with Gasteiger partial charge in [0.2, 0.25) is 17.7 Å². The first-order valence-corrected chi connectivity index (χ1v) is 11.1. The van der Waals surface area contributed by atoms with Crippen LogP contribution in [0.25, 0.3) is 0 Å². The number of nitrogens with one attached hydrogen (secondary N) is 1. The third-order valence-electron chi connectivity index (χ3n) is 6.42. The van der Waals surface area contributed by atoms with Gasteiger partial charge in [-0.05, 0) is 67.6 Å². The molecule has 0 spiro atoms. The molecule has 1 aliphatic carbocycles. The van der Waals surface area contributed by atoms with E-state index in [1.165, 1.54) is 0 Å². The van der Waals surface area contributed by atoms with E-state index in [-0.39, 0.29) is 30.1 Å². The Morgan fingerprint density at radius 1 is 1.10 bits per heavy atom. The minimum atomic E-state index is -0.424. The van der Waals surface area contributed by atoms with Crippen LogP contribution in [0.1, 0.15) is 30.4 Å². The zero-order chi connectivity index (χ0) is 21.7. The van der Waals surface area contributed by atoms with Crippen molar-refractivity contribution in [3.8, 4) is 0 Å². The summed E-state index contributed by atoms with van der Waals surface area (Å²) in [6, 6.07) is 11.2. The van der Waals surface area contributed by atoms with Crippen LogP contribution in [-0.4, -0.2) is 30.8 Å². The van der Waals surface area contributed by atoms with Crippen molar-refractivity contribution in [1.82, 2.24) is 0 Å². The molecule has 2 heterocycles. The normalized spacial score (nSPS) is 20.2. The summed E-state index contributed by atoms with van der Waals surface area (Å²) in [6.45, 7) is 2.94. The van der Waals surface area contributed by atoms with Gasteiger partial charge in [-0.1, -0.05) is 17.7 Å². The molecule has 2 aliphatic heterocycles. The Morgan fingerprint density at radius 3 is 2.68 bits per heavy atom. The molecule has 3 aliphatic rings. The first-order chi connectivity index (χ1) is 14.9. The van der Waals surface area contributed by atoms with E-state index in [1.54, 1.807) is 17.0 Å². The van der Waals surface area contributed by atoms with E-state index in [0.29, 0.717) is 23.8 Å². The maximum Gasteiger partial charge on any atom is 0.230 e. The van der Waals surface area contributed by atoms with Crippen molar-refractivity contribution in [3.05, 3.63) is 52.5 Å². The molecule has 2 aromatic rings. The summed E-state index contributed by atoms with van der Waals surface area (Å²) in [6.07, 6.45) is 2.95. The molecule has 2 aromatic carbocycles. The van der Waals surface area contributed by atoms with Crippen molar-refractivity contribution in [3.63, 3.8) is 0 Å². The molecule has 0 bridgehead atoms. The molecule has 5 rings (SSSR count). The van der Waals surface area contributed by atoms with Crippen LogP contribution in [-0.2, 0) is 20.8 Å². The Hall–Kier alpha value is -2.86. The number of nitrogens with zero attached hydrogens (tertiary/aromatic N) is 2. The lowest BCUT2D eigenvalue weighted by Gasteiger charge is -2.20. The van der Waals surface area contributed by atoms with Crippen LogP contribution in [0.2, 0.25) is 5.02 Å². The molecule has 1 saturated heterocycles. The van der Waals surface area contributed by atoms with Crippen LogP contribution in [0.4, 0.5) is 17.1 Å². The minimum absolute atomic E-state index is 0.0631.